The number of hydrogen-bond acceptors (Lipinski definition) is 4. The first-order valence-corrected chi connectivity index (χ1v) is 7.22. The maximum atomic E-state index is 10.9. The fourth-order valence-corrected chi connectivity index (χ4v) is 2.81. The van der Waals surface area contributed by atoms with Crippen molar-refractivity contribution < 1.29 is 4.92 Å². The summed E-state index contributed by atoms with van der Waals surface area (Å²) >= 11 is 1.60. The first kappa shape index (κ1) is 14.4. The van der Waals surface area contributed by atoms with Gasteiger partial charge in [0, 0.05) is 35.5 Å². The number of aryl methyl sites for hydroxylation is 1. The lowest BCUT2D eigenvalue weighted by molar-refractivity contribution is -0.385. The number of anilines is 1. The Labute approximate surface area is 122 Å². The Hall–Kier alpha value is -2.01. The number of hydrogen-bond donors (Lipinski definition) is 1. The van der Waals surface area contributed by atoms with E-state index in [1.807, 2.05) is 12.1 Å². The van der Waals surface area contributed by atoms with Crippen LogP contribution in [0.1, 0.15) is 11.1 Å². The summed E-state index contributed by atoms with van der Waals surface area (Å²) in [5, 5.41) is 13.9. The fourth-order valence-electron chi connectivity index (χ4n) is 1.89. The summed E-state index contributed by atoms with van der Waals surface area (Å²) in [6.07, 6.45) is 0. The zero-order valence-electron chi connectivity index (χ0n) is 11.4. The molecule has 0 unspecified atom stereocenters. The van der Waals surface area contributed by atoms with E-state index in [0.717, 1.165) is 16.3 Å². The van der Waals surface area contributed by atoms with E-state index in [9.17, 15) is 10.1 Å². The van der Waals surface area contributed by atoms with Crippen molar-refractivity contribution in [1.29, 1.82) is 0 Å². The predicted molar refractivity (Wildman–Crippen MR) is 83.4 cm³/mol. The Kier molecular flexibility index (Phi) is 4.63. The topological polar surface area (TPSA) is 55.2 Å². The molecule has 0 fully saturated rings. The lowest BCUT2D eigenvalue weighted by Crippen LogP contribution is -1.93. The lowest BCUT2D eigenvalue weighted by atomic mass is 10.2. The summed E-state index contributed by atoms with van der Waals surface area (Å²) in [5.74, 6) is 0.798. The second kappa shape index (κ2) is 6.43. The average molecular weight is 288 g/mol. The lowest BCUT2D eigenvalue weighted by Gasteiger charge is -2.06. The number of nitro benzene ring substituents is 1. The van der Waals surface area contributed by atoms with Gasteiger partial charge in [-0.25, -0.2) is 0 Å². The van der Waals surface area contributed by atoms with Gasteiger partial charge in [-0.15, -0.1) is 11.8 Å². The molecule has 0 spiro atoms. The molecule has 2 aromatic rings. The molecule has 0 amide bonds. The molecule has 20 heavy (non-hydrogen) atoms. The molecule has 0 aromatic heterocycles. The van der Waals surface area contributed by atoms with Crippen molar-refractivity contribution in [3.63, 3.8) is 0 Å². The number of benzene rings is 2. The Morgan fingerprint density at radius 2 is 2.05 bits per heavy atom. The van der Waals surface area contributed by atoms with Crippen molar-refractivity contribution in [3.05, 3.63) is 63.7 Å². The van der Waals surface area contributed by atoms with Gasteiger partial charge in [-0.3, -0.25) is 10.1 Å². The molecule has 2 aromatic carbocycles. The van der Waals surface area contributed by atoms with Crippen molar-refractivity contribution >= 4 is 23.1 Å². The van der Waals surface area contributed by atoms with E-state index >= 15 is 0 Å². The van der Waals surface area contributed by atoms with Crippen molar-refractivity contribution in [2.75, 3.05) is 12.4 Å². The van der Waals surface area contributed by atoms with E-state index in [2.05, 4.69) is 30.4 Å². The van der Waals surface area contributed by atoms with Crippen molar-refractivity contribution in [2.45, 2.75) is 17.6 Å². The van der Waals surface area contributed by atoms with Crippen LogP contribution in [0.2, 0.25) is 0 Å². The van der Waals surface area contributed by atoms with Crippen molar-refractivity contribution in [1.82, 2.24) is 0 Å². The highest BCUT2D eigenvalue weighted by atomic mass is 32.2. The molecule has 5 heteroatoms. The van der Waals surface area contributed by atoms with Crippen molar-refractivity contribution in [2.24, 2.45) is 0 Å². The number of thioether (sulfide) groups is 1. The van der Waals surface area contributed by atoms with Crippen LogP contribution in [0, 0.1) is 17.0 Å². The molecular formula is C15H16N2O2S. The number of rotatable bonds is 5. The number of nitrogens with zero attached hydrogens (tertiary/aromatic N) is 1. The quantitative estimate of drug-likeness (QED) is 0.508. The monoisotopic (exact) mass is 288 g/mol. The summed E-state index contributed by atoms with van der Waals surface area (Å²) in [4.78, 5) is 11.4. The Morgan fingerprint density at radius 3 is 2.70 bits per heavy atom. The van der Waals surface area contributed by atoms with Gasteiger partial charge in [0.15, 0.2) is 0 Å². The Bertz CT molecular complexity index is 629. The highest BCUT2D eigenvalue weighted by Gasteiger charge is 2.09. The van der Waals surface area contributed by atoms with Crippen LogP contribution in [0.4, 0.5) is 11.4 Å². The number of nitrogens with one attached hydrogen (secondary N) is 1. The van der Waals surface area contributed by atoms with Crippen LogP contribution < -0.4 is 5.32 Å². The second-order valence-electron chi connectivity index (χ2n) is 4.50. The molecule has 0 aliphatic rings. The van der Waals surface area contributed by atoms with E-state index in [1.165, 1.54) is 17.2 Å². The fraction of sp³-hybridized carbons (Fsp3) is 0.200. The first-order valence-electron chi connectivity index (χ1n) is 6.24. The summed E-state index contributed by atoms with van der Waals surface area (Å²) in [6.45, 7) is 2.06. The summed E-state index contributed by atoms with van der Waals surface area (Å²) < 4.78 is 0. The van der Waals surface area contributed by atoms with Crippen LogP contribution in [0.5, 0.6) is 0 Å². The van der Waals surface area contributed by atoms with Crippen LogP contribution in [0.3, 0.4) is 0 Å². The smallest absolute Gasteiger partial charge is 0.272 e. The maximum Gasteiger partial charge on any atom is 0.272 e. The predicted octanol–water partition coefficient (Wildman–Crippen LogP) is 4.24. The van der Waals surface area contributed by atoms with Gasteiger partial charge in [0.2, 0.25) is 0 Å². The summed E-state index contributed by atoms with van der Waals surface area (Å²) in [6, 6.07) is 13.4. The molecule has 0 radical (unpaired) electrons. The Balaban J connectivity index is 2.16. The van der Waals surface area contributed by atoms with Crippen LogP contribution in [0.15, 0.2) is 47.4 Å². The third kappa shape index (κ3) is 3.74. The van der Waals surface area contributed by atoms with Crippen LogP contribution in [0.25, 0.3) is 0 Å². The average Bonchev–Trinajstić information content (AvgIpc) is 2.45. The first-order chi connectivity index (χ1) is 9.58. The molecule has 0 saturated carbocycles. The van der Waals surface area contributed by atoms with Gasteiger partial charge in [-0.05, 0) is 18.6 Å². The van der Waals surface area contributed by atoms with E-state index in [-0.39, 0.29) is 10.6 Å². The molecule has 0 aliphatic heterocycles. The number of nitro groups is 1. The van der Waals surface area contributed by atoms with Gasteiger partial charge in [0.05, 0.1) is 4.92 Å². The molecule has 0 aliphatic carbocycles. The molecule has 0 saturated heterocycles. The molecule has 0 heterocycles. The molecular weight excluding hydrogens is 272 g/mol. The van der Waals surface area contributed by atoms with Gasteiger partial charge in [0.25, 0.3) is 5.69 Å². The minimum atomic E-state index is -0.364. The largest absolute Gasteiger partial charge is 0.388 e. The summed E-state index contributed by atoms with van der Waals surface area (Å²) in [5.41, 5.74) is 3.31. The van der Waals surface area contributed by atoms with Crippen molar-refractivity contribution in [3.8, 4) is 0 Å². The van der Waals surface area contributed by atoms with Crippen LogP contribution >= 0.6 is 11.8 Å². The van der Waals surface area contributed by atoms with Crippen LogP contribution in [-0.4, -0.2) is 12.0 Å². The molecule has 4 nitrogen and oxygen atoms in total. The highest BCUT2D eigenvalue weighted by molar-refractivity contribution is 7.98. The third-order valence-corrected chi connectivity index (χ3v) is 3.93. The van der Waals surface area contributed by atoms with Crippen LogP contribution in [-0.2, 0) is 5.75 Å². The zero-order chi connectivity index (χ0) is 14.5. The maximum absolute atomic E-state index is 10.9. The van der Waals surface area contributed by atoms with E-state index in [0.29, 0.717) is 0 Å². The van der Waals surface area contributed by atoms with Gasteiger partial charge < -0.3 is 5.32 Å². The normalized spacial score (nSPS) is 10.3. The zero-order valence-corrected chi connectivity index (χ0v) is 12.2. The van der Waals surface area contributed by atoms with E-state index in [4.69, 9.17) is 0 Å². The second-order valence-corrected chi connectivity index (χ2v) is 5.55. The SMILES string of the molecule is CNc1cc(SCc2cccc(C)c2)cc([N+](=O)[O-])c1. The van der Waals surface area contributed by atoms with Gasteiger partial charge in [-0.2, -0.15) is 0 Å². The van der Waals surface area contributed by atoms with Gasteiger partial charge in [0.1, 0.15) is 0 Å². The highest BCUT2D eigenvalue weighted by Crippen LogP contribution is 2.30. The molecule has 0 atom stereocenters. The van der Waals surface area contributed by atoms with E-state index < -0.39 is 0 Å². The minimum absolute atomic E-state index is 0.114. The van der Waals surface area contributed by atoms with Gasteiger partial charge >= 0.3 is 0 Å². The standard InChI is InChI=1S/C15H16N2O2S/c1-11-4-3-5-12(6-11)10-20-15-8-13(16-2)7-14(9-15)17(18)19/h3-9,16H,10H2,1-2H3. The van der Waals surface area contributed by atoms with E-state index in [1.54, 1.807) is 24.9 Å². The number of non-ortho nitro benzene ring substituents is 1. The minimum Gasteiger partial charge on any atom is -0.388 e. The Morgan fingerprint density at radius 1 is 1.25 bits per heavy atom. The molecule has 104 valence electrons. The molecule has 0 bridgehead atoms. The third-order valence-electron chi connectivity index (χ3n) is 2.88. The molecule has 2 rings (SSSR count). The molecule has 1 N–H and O–H groups in total. The van der Waals surface area contributed by atoms with Gasteiger partial charge in [-0.1, -0.05) is 29.8 Å². The summed E-state index contributed by atoms with van der Waals surface area (Å²) in [7, 11) is 1.76.